The van der Waals surface area contributed by atoms with Gasteiger partial charge in [-0.3, -0.25) is 14.4 Å². The lowest BCUT2D eigenvalue weighted by Crippen LogP contribution is -2.15. The van der Waals surface area contributed by atoms with Crippen LogP contribution in [0.1, 0.15) is 22.8 Å². The monoisotopic (exact) mass is 285 g/mol. The number of aromatic amines is 1. The number of carbonyl (C=O) groups excluding carboxylic acids is 2. The lowest BCUT2D eigenvalue weighted by Gasteiger charge is -2.10. The first-order valence-corrected chi connectivity index (χ1v) is 6.34. The second-order valence-electron chi connectivity index (χ2n) is 4.61. The minimum atomic E-state index is -0.344. The SMILES string of the molecule is CC(=O)Nc1cc(NC(=O)c2ccc(=O)[nH]c2)ccc1C. The van der Waals surface area contributed by atoms with Crippen LogP contribution in [0.5, 0.6) is 0 Å². The van der Waals surface area contributed by atoms with Crippen molar-refractivity contribution in [3.05, 3.63) is 58.0 Å². The first kappa shape index (κ1) is 14.5. The van der Waals surface area contributed by atoms with Crippen molar-refractivity contribution in [1.29, 1.82) is 0 Å². The summed E-state index contributed by atoms with van der Waals surface area (Å²) in [4.78, 5) is 36.5. The van der Waals surface area contributed by atoms with E-state index in [-0.39, 0.29) is 17.4 Å². The summed E-state index contributed by atoms with van der Waals surface area (Å²) in [7, 11) is 0. The number of aromatic nitrogens is 1. The predicted octanol–water partition coefficient (Wildman–Crippen LogP) is 1.89. The van der Waals surface area contributed by atoms with Gasteiger partial charge in [0.05, 0.1) is 5.56 Å². The van der Waals surface area contributed by atoms with E-state index in [0.717, 1.165) is 5.56 Å². The molecule has 6 heteroatoms. The van der Waals surface area contributed by atoms with Crippen molar-refractivity contribution >= 4 is 23.2 Å². The van der Waals surface area contributed by atoms with Gasteiger partial charge in [-0.2, -0.15) is 0 Å². The van der Waals surface area contributed by atoms with Gasteiger partial charge < -0.3 is 15.6 Å². The topological polar surface area (TPSA) is 91.1 Å². The minimum absolute atomic E-state index is 0.179. The molecule has 0 unspecified atom stereocenters. The maximum atomic E-state index is 12.0. The highest BCUT2D eigenvalue weighted by atomic mass is 16.2. The molecule has 0 aliphatic heterocycles. The summed E-state index contributed by atoms with van der Waals surface area (Å²) in [5.74, 6) is -0.522. The van der Waals surface area contributed by atoms with E-state index in [9.17, 15) is 14.4 Å². The van der Waals surface area contributed by atoms with Gasteiger partial charge in [0.25, 0.3) is 5.91 Å². The molecule has 108 valence electrons. The molecule has 0 bridgehead atoms. The van der Waals surface area contributed by atoms with E-state index < -0.39 is 0 Å². The van der Waals surface area contributed by atoms with Crippen molar-refractivity contribution in [2.24, 2.45) is 0 Å². The lowest BCUT2D eigenvalue weighted by atomic mass is 10.1. The van der Waals surface area contributed by atoms with Crippen LogP contribution in [0.25, 0.3) is 0 Å². The highest BCUT2D eigenvalue weighted by Gasteiger charge is 2.08. The van der Waals surface area contributed by atoms with E-state index in [1.165, 1.54) is 25.3 Å². The number of rotatable bonds is 3. The third-order valence-electron chi connectivity index (χ3n) is 2.85. The van der Waals surface area contributed by atoms with E-state index in [1.54, 1.807) is 18.2 Å². The zero-order valence-electron chi connectivity index (χ0n) is 11.7. The van der Waals surface area contributed by atoms with Crippen LogP contribution in [0.3, 0.4) is 0 Å². The first-order valence-electron chi connectivity index (χ1n) is 6.34. The number of anilines is 2. The molecule has 1 aromatic heterocycles. The van der Waals surface area contributed by atoms with Crippen molar-refractivity contribution in [2.75, 3.05) is 10.6 Å². The molecule has 0 spiro atoms. The fourth-order valence-electron chi connectivity index (χ4n) is 1.78. The summed E-state index contributed by atoms with van der Waals surface area (Å²) >= 11 is 0. The average Bonchev–Trinajstić information content (AvgIpc) is 2.42. The summed E-state index contributed by atoms with van der Waals surface area (Å²) in [5, 5.41) is 5.40. The smallest absolute Gasteiger partial charge is 0.257 e. The predicted molar refractivity (Wildman–Crippen MR) is 80.5 cm³/mol. The first-order chi connectivity index (χ1) is 9.95. The quantitative estimate of drug-likeness (QED) is 0.804. The summed E-state index contributed by atoms with van der Waals surface area (Å²) in [6, 6.07) is 7.95. The van der Waals surface area contributed by atoms with Crippen LogP contribution < -0.4 is 16.2 Å². The lowest BCUT2D eigenvalue weighted by molar-refractivity contribution is -0.114. The number of amides is 2. The number of H-pyrrole nitrogens is 1. The Kier molecular flexibility index (Phi) is 4.18. The van der Waals surface area contributed by atoms with Crippen LogP contribution in [0.4, 0.5) is 11.4 Å². The molecule has 3 N–H and O–H groups in total. The largest absolute Gasteiger partial charge is 0.328 e. The summed E-state index contributed by atoms with van der Waals surface area (Å²) in [5.41, 5.74) is 2.17. The zero-order valence-corrected chi connectivity index (χ0v) is 11.7. The van der Waals surface area contributed by atoms with Crippen molar-refractivity contribution < 1.29 is 9.59 Å². The number of hydrogen-bond acceptors (Lipinski definition) is 3. The highest BCUT2D eigenvalue weighted by molar-refractivity contribution is 6.04. The zero-order chi connectivity index (χ0) is 15.4. The molecule has 0 fully saturated rings. The van der Waals surface area contributed by atoms with Crippen molar-refractivity contribution in [2.45, 2.75) is 13.8 Å². The molecule has 2 aromatic rings. The van der Waals surface area contributed by atoms with Crippen LogP contribution in [-0.4, -0.2) is 16.8 Å². The van der Waals surface area contributed by atoms with Crippen molar-refractivity contribution in [3.8, 4) is 0 Å². The van der Waals surface area contributed by atoms with Crippen LogP contribution in [0.15, 0.2) is 41.3 Å². The van der Waals surface area contributed by atoms with Gasteiger partial charge in [0, 0.05) is 30.6 Å². The Balaban J connectivity index is 2.19. The molecule has 0 atom stereocenters. The fraction of sp³-hybridized carbons (Fsp3) is 0.133. The second kappa shape index (κ2) is 6.04. The van der Waals surface area contributed by atoms with E-state index in [2.05, 4.69) is 15.6 Å². The molecule has 0 saturated carbocycles. The molecule has 1 aromatic carbocycles. The third kappa shape index (κ3) is 3.79. The van der Waals surface area contributed by atoms with E-state index in [0.29, 0.717) is 16.9 Å². The van der Waals surface area contributed by atoms with Gasteiger partial charge in [0.15, 0.2) is 0 Å². The van der Waals surface area contributed by atoms with Gasteiger partial charge in [-0.25, -0.2) is 0 Å². The molecule has 2 rings (SSSR count). The summed E-state index contributed by atoms with van der Waals surface area (Å²) in [6.07, 6.45) is 1.35. The van der Waals surface area contributed by atoms with Crippen molar-refractivity contribution in [1.82, 2.24) is 4.98 Å². The Bertz CT molecular complexity index is 730. The molecule has 2 amide bonds. The number of hydrogen-bond donors (Lipinski definition) is 3. The van der Waals surface area contributed by atoms with Gasteiger partial charge in [0.1, 0.15) is 0 Å². The number of aryl methyl sites for hydroxylation is 1. The van der Waals surface area contributed by atoms with E-state index >= 15 is 0 Å². The third-order valence-corrected chi connectivity index (χ3v) is 2.85. The fourth-order valence-corrected chi connectivity index (χ4v) is 1.78. The molecule has 0 aliphatic carbocycles. The van der Waals surface area contributed by atoms with Gasteiger partial charge in [0.2, 0.25) is 11.5 Å². The molecule has 21 heavy (non-hydrogen) atoms. The molecule has 1 heterocycles. The minimum Gasteiger partial charge on any atom is -0.328 e. The normalized spacial score (nSPS) is 10.0. The number of nitrogens with one attached hydrogen (secondary N) is 3. The Hall–Kier alpha value is -2.89. The van der Waals surface area contributed by atoms with Gasteiger partial charge in [-0.05, 0) is 30.7 Å². The number of benzene rings is 1. The standard InChI is InChI=1S/C15H15N3O3/c1-9-3-5-12(7-13(9)17-10(2)19)18-15(21)11-4-6-14(20)16-8-11/h3-8H,1-2H3,(H,16,20)(H,17,19)(H,18,21). The Morgan fingerprint density at radius 2 is 1.86 bits per heavy atom. The average molecular weight is 285 g/mol. The van der Waals surface area contributed by atoms with E-state index in [1.807, 2.05) is 6.92 Å². The molecule has 6 nitrogen and oxygen atoms in total. The molecular weight excluding hydrogens is 270 g/mol. The summed E-state index contributed by atoms with van der Waals surface area (Å²) in [6.45, 7) is 3.28. The van der Waals surface area contributed by atoms with Gasteiger partial charge in [-0.1, -0.05) is 6.07 Å². The molecule has 0 aliphatic rings. The Morgan fingerprint density at radius 1 is 1.10 bits per heavy atom. The molecule has 0 radical (unpaired) electrons. The van der Waals surface area contributed by atoms with Crippen LogP contribution in [-0.2, 0) is 4.79 Å². The van der Waals surface area contributed by atoms with Crippen molar-refractivity contribution in [3.63, 3.8) is 0 Å². The second-order valence-corrected chi connectivity index (χ2v) is 4.61. The maximum Gasteiger partial charge on any atom is 0.257 e. The highest BCUT2D eigenvalue weighted by Crippen LogP contribution is 2.20. The molecular formula is C15H15N3O3. The van der Waals surface area contributed by atoms with Gasteiger partial charge >= 0.3 is 0 Å². The Labute approximate surface area is 121 Å². The maximum absolute atomic E-state index is 12.0. The van der Waals surface area contributed by atoms with Crippen LogP contribution >= 0.6 is 0 Å². The number of pyridine rings is 1. The number of carbonyl (C=O) groups is 2. The van der Waals surface area contributed by atoms with E-state index in [4.69, 9.17) is 0 Å². The Morgan fingerprint density at radius 3 is 2.48 bits per heavy atom. The van der Waals surface area contributed by atoms with Crippen LogP contribution in [0.2, 0.25) is 0 Å². The summed E-state index contributed by atoms with van der Waals surface area (Å²) < 4.78 is 0. The van der Waals surface area contributed by atoms with Crippen LogP contribution in [0, 0.1) is 6.92 Å². The molecule has 0 saturated heterocycles. The van der Waals surface area contributed by atoms with Gasteiger partial charge in [-0.15, -0.1) is 0 Å².